The average Bonchev–Trinajstić information content (AvgIpc) is 2.42. The van der Waals surface area contributed by atoms with Crippen molar-refractivity contribution in [2.75, 3.05) is 7.11 Å². The molecule has 0 fully saturated rings. The summed E-state index contributed by atoms with van der Waals surface area (Å²) in [6.07, 6.45) is 0.523. The van der Waals surface area contributed by atoms with Crippen LogP contribution in [0.2, 0.25) is 5.02 Å². The first-order chi connectivity index (χ1) is 9.13. The summed E-state index contributed by atoms with van der Waals surface area (Å²) in [5.41, 5.74) is 1.56. The smallest absolute Gasteiger partial charge is 0.142 e. The number of alkyl halides is 1. The summed E-state index contributed by atoms with van der Waals surface area (Å²) in [5.74, 6) is 0.311. The fraction of sp³-hybridized carbons (Fsp3) is 0.200. The first-order valence-corrected chi connectivity index (χ1v) is 6.64. The maximum atomic E-state index is 13.4. The number of rotatable bonds is 4. The molecule has 0 saturated heterocycles. The van der Waals surface area contributed by atoms with Gasteiger partial charge in [0.15, 0.2) is 0 Å². The number of ether oxygens (including phenoxy) is 1. The number of hydrogen-bond donors (Lipinski definition) is 0. The van der Waals surface area contributed by atoms with Crippen LogP contribution in [-0.4, -0.2) is 7.11 Å². The minimum absolute atomic E-state index is 0.0809. The normalized spacial score (nSPS) is 12.2. The average molecular weight is 299 g/mol. The Labute approximate surface area is 121 Å². The predicted molar refractivity (Wildman–Crippen MR) is 76.7 cm³/mol. The van der Waals surface area contributed by atoms with Crippen LogP contribution >= 0.6 is 23.2 Å². The van der Waals surface area contributed by atoms with Crippen LogP contribution < -0.4 is 4.74 Å². The van der Waals surface area contributed by atoms with E-state index in [0.717, 1.165) is 11.3 Å². The molecule has 0 aromatic heterocycles. The molecule has 1 atom stereocenters. The van der Waals surface area contributed by atoms with E-state index in [4.69, 9.17) is 27.9 Å². The van der Waals surface area contributed by atoms with Gasteiger partial charge in [-0.1, -0.05) is 41.9 Å². The van der Waals surface area contributed by atoms with Crippen molar-refractivity contribution in [1.82, 2.24) is 0 Å². The van der Waals surface area contributed by atoms with Crippen LogP contribution in [0.5, 0.6) is 5.75 Å². The molecule has 2 aromatic rings. The van der Waals surface area contributed by atoms with Gasteiger partial charge in [-0.3, -0.25) is 0 Å². The molecule has 0 N–H and O–H groups in total. The van der Waals surface area contributed by atoms with Crippen molar-refractivity contribution in [1.29, 1.82) is 0 Å². The van der Waals surface area contributed by atoms with Gasteiger partial charge in [-0.2, -0.15) is 0 Å². The summed E-state index contributed by atoms with van der Waals surface area (Å²) in [4.78, 5) is 0. The van der Waals surface area contributed by atoms with Crippen LogP contribution in [0.15, 0.2) is 42.5 Å². The quantitative estimate of drug-likeness (QED) is 0.721. The molecule has 0 aliphatic rings. The summed E-state index contributed by atoms with van der Waals surface area (Å²) in [6.45, 7) is 0. The van der Waals surface area contributed by atoms with Crippen LogP contribution in [0.3, 0.4) is 0 Å². The lowest BCUT2D eigenvalue weighted by molar-refractivity contribution is 0.409. The van der Waals surface area contributed by atoms with E-state index < -0.39 is 11.2 Å². The third kappa shape index (κ3) is 3.20. The summed E-state index contributed by atoms with van der Waals surface area (Å²) in [5, 5.41) is -0.322. The van der Waals surface area contributed by atoms with E-state index in [1.54, 1.807) is 19.2 Å². The Morgan fingerprint density at radius 2 is 1.89 bits per heavy atom. The minimum atomic E-state index is -0.454. The van der Waals surface area contributed by atoms with Crippen molar-refractivity contribution in [2.45, 2.75) is 11.8 Å². The zero-order valence-corrected chi connectivity index (χ0v) is 11.9. The highest BCUT2D eigenvalue weighted by Crippen LogP contribution is 2.34. The van der Waals surface area contributed by atoms with Crippen molar-refractivity contribution in [3.05, 3.63) is 64.4 Å². The molecule has 0 aliphatic heterocycles. The fourth-order valence-electron chi connectivity index (χ4n) is 1.94. The van der Waals surface area contributed by atoms with E-state index in [1.165, 1.54) is 6.07 Å². The first-order valence-electron chi connectivity index (χ1n) is 5.83. The topological polar surface area (TPSA) is 9.23 Å². The zero-order chi connectivity index (χ0) is 13.8. The molecule has 0 radical (unpaired) electrons. The van der Waals surface area contributed by atoms with Gasteiger partial charge in [0.1, 0.15) is 11.6 Å². The molecule has 19 heavy (non-hydrogen) atoms. The highest BCUT2D eigenvalue weighted by Gasteiger charge is 2.16. The van der Waals surface area contributed by atoms with E-state index in [-0.39, 0.29) is 5.02 Å². The maximum absolute atomic E-state index is 13.4. The molecule has 100 valence electrons. The maximum Gasteiger partial charge on any atom is 0.142 e. The van der Waals surface area contributed by atoms with Crippen molar-refractivity contribution in [3.63, 3.8) is 0 Å². The van der Waals surface area contributed by atoms with Gasteiger partial charge >= 0.3 is 0 Å². The van der Waals surface area contributed by atoms with Crippen molar-refractivity contribution >= 4 is 23.2 Å². The van der Waals surface area contributed by atoms with Crippen LogP contribution in [0.25, 0.3) is 0 Å². The van der Waals surface area contributed by atoms with Crippen LogP contribution in [-0.2, 0) is 6.42 Å². The third-order valence-electron chi connectivity index (χ3n) is 2.91. The number of methoxy groups -OCH3 is 1. The molecule has 0 spiro atoms. The van der Waals surface area contributed by atoms with Gasteiger partial charge in [0, 0.05) is 0 Å². The van der Waals surface area contributed by atoms with E-state index in [2.05, 4.69) is 0 Å². The molecule has 0 amide bonds. The lowest BCUT2D eigenvalue weighted by atomic mass is 10.0. The molecule has 0 aliphatic carbocycles. The molecule has 0 heterocycles. The molecular weight excluding hydrogens is 286 g/mol. The van der Waals surface area contributed by atoms with Crippen LogP contribution in [0, 0.1) is 5.82 Å². The molecular formula is C15H13Cl2FO. The van der Waals surface area contributed by atoms with Crippen molar-refractivity contribution < 1.29 is 9.13 Å². The van der Waals surface area contributed by atoms with E-state index in [0.29, 0.717) is 12.0 Å². The van der Waals surface area contributed by atoms with E-state index in [1.807, 2.05) is 24.3 Å². The van der Waals surface area contributed by atoms with E-state index in [9.17, 15) is 4.39 Å². The van der Waals surface area contributed by atoms with Crippen LogP contribution in [0.1, 0.15) is 16.5 Å². The predicted octanol–water partition coefficient (Wildman–Crippen LogP) is 5.01. The Balaban J connectivity index is 2.26. The Kier molecular flexibility index (Phi) is 4.67. The molecule has 0 saturated carbocycles. The van der Waals surface area contributed by atoms with Gasteiger partial charge in [-0.25, -0.2) is 4.39 Å². The lowest BCUT2D eigenvalue weighted by Gasteiger charge is -2.14. The number of hydrogen-bond acceptors (Lipinski definition) is 1. The lowest BCUT2D eigenvalue weighted by Crippen LogP contribution is -2.00. The minimum Gasteiger partial charge on any atom is -0.496 e. The van der Waals surface area contributed by atoms with Gasteiger partial charge < -0.3 is 4.74 Å². The second kappa shape index (κ2) is 6.27. The Morgan fingerprint density at radius 3 is 2.63 bits per heavy atom. The van der Waals surface area contributed by atoms with E-state index >= 15 is 0 Å². The van der Waals surface area contributed by atoms with Gasteiger partial charge in [-0.15, -0.1) is 11.6 Å². The second-order valence-corrected chi connectivity index (χ2v) is 5.03. The van der Waals surface area contributed by atoms with Crippen molar-refractivity contribution in [3.8, 4) is 5.75 Å². The summed E-state index contributed by atoms with van der Waals surface area (Å²) in [7, 11) is 1.61. The fourth-order valence-corrected chi connectivity index (χ4v) is 2.60. The molecule has 2 rings (SSSR count). The summed E-state index contributed by atoms with van der Waals surface area (Å²) >= 11 is 12.3. The summed E-state index contributed by atoms with van der Waals surface area (Å²) in [6, 6.07) is 12.3. The second-order valence-electron chi connectivity index (χ2n) is 4.13. The SMILES string of the molecule is COc1ccccc1CC(Cl)c1cccc(F)c1Cl. The van der Waals surface area contributed by atoms with Gasteiger partial charge in [-0.05, 0) is 29.7 Å². The molecule has 1 unspecified atom stereocenters. The number of para-hydroxylation sites is 1. The van der Waals surface area contributed by atoms with Crippen LogP contribution in [0.4, 0.5) is 4.39 Å². The van der Waals surface area contributed by atoms with Crippen molar-refractivity contribution in [2.24, 2.45) is 0 Å². The highest BCUT2D eigenvalue weighted by molar-refractivity contribution is 6.33. The standard InChI is InChI=1S/C15H13Cl2FO/c1-19-14-8-3-2-5-10(14)9-12(16)11-6-4-7-13(18)15(11)17/h2-8,12H,9H2,1H3. The van der Waals surface area contributed by atoms with Gasteiger partial charge in [0.25, 0.3) is 0 Å². The third-order valence-corrected chi connectivity index (χ3v) is 3.70. The largest absolute Gasteiger partial charge is 0.496 e. The number of halogens is 3. The summed E-state index contributed by atoms with van der Waals surface area (Å²) < 4.78 is 18.7. The molecule has 0 bridgehead atoms. The van der Waals surface area contributed by atoms with Gasteiger partial charge in [0.2, 0.25) is 0 Å². The first kappa shape index (κ1) is 14.2. The Bertz CT molecular complexity index is 572. The molecule has 2 aromatic carbocycles. The number of benzene rings is 2. The Hall–Kier alpha value is -1.25. The zero-order valence-electron chi connectivity index (χ0n) is 10.4. The highest BCUT2D eigenvalue weighted by atomic mass is 35.5. The monoisotopic (exact) mass is 298 g/mol. The Morgan fingerprint density at radius 1 is 1.16 bits per heavy atom. The van der Waals surface area contributed by atoms with Gasteiger partial charge in [0.05, 0.1) is 17.5 Å². The molecule has 4 heteroatoms. The molecule has 1 nitrogen and oxygen atoms in total.